The van der Waals surface area contributed by atoms with E-state index >= 15 is 0 Å². The third-order valence-electron chi connectivity index (χ3n) is 3.67. The SMILES string of the molecule is CCN1CCN(Cc2nc(C)c(C(C)(C)O)s2)CC1. The summed E-state index contributed by atoms with van der Waals surface area (Å²) in [4.78, 5) is 10.5. The summed E-state index contributed by atoms with van der Waals surface area (Å²) in [7, 11) is 0. The van der Waals surface area contributed by atoms with Crippen LogP contribution in [0.2, 0.25) is 0 Å². The molecule has 4 nitrogen and oxygen atoms in total. The van der Waals surface area contributed by atoms with Crippen molar-refractivity contribution in [1.82, 2.24) is 14.8 Å². The van der Waals surface area contributed by atoms with Crippen LogP contribution in [0.3, 0.4) is 0 Å². The van der Waals surface area contributed by atoms with Crippen LogP contribution in [0.15, 0.2) is 0 Å². The Bertz CT molecular complexity index is 417. The summed E-state index contributed by atoms with van der Waals surface area (Å²) >= 11 is 1.65. The van der Waals surface area contributed by atoms with Crippen molar-refractivity contribution in [2.75, 3.05) is 32.7 Å². The first-order valence-electron chi connectivity index (χ1n) is 7.04. The molecule has 1 saturated heterocycles. The lowest BCUT2D eigenvalue weighted by Gasteiger charge is -2.33. The second-order valence-corrected chi connectivity index (χ2v) is 6.88. The van der Waals surface area contributed by atoms with E-state index in [9.17, 15) is 5.11 Å². The molecular formula is C14H25N3OS. The summed E-state index contributed by atoms with van der Waals surface area (Å²) in [5.41, 5.74) is 0.195. The number of piperazine rings is 1. The van der Waals surface area contributed by atoms with E-state index in [0.717, 1.165) is 54.8 Å². The summed E-state index contributed by atoms with van der Waals surface area (Å²) in [6.07, 6.45) is 0. The number of nitrogens with zero attached hydrogens (tertiary/aromatic N) is 3. The largest absolute Gasteiger partial charge is 0.385 e. The Hall–Kier alpha value is -0.490. The summed E-state index contributed by atoms with van der Waals surface area (Å²) in [5.74, 6) is 0. The molecule has 0 aromatic carbocycles. The van der Waals surface area contributed by atoms with Crippen molar-refractivity contribution >= 4 is 11.3 Å². The smallest absolute Gasteiger partial charge is 0.107 e. The molecule has 1 fully saturated rings. The van der Waals surface area contributed by atoms with Gasteiger partial charge in [-0.2, -0.15) is 0 Å². The number of aromatic nitrogens is 1. The summed E-state index contributed by atoms with van der Waals surface area (Å²) < 4.78 is 0. The molecule has 0 bridgehead atoms. The van der Waals surface area contributed by atoms with Crippen molar-refractivity contribution in [2.45, 2.75) is 39.8 Å². The minimum Gasteiger partial charge on any atom is -0.385 e. The fourth-order valence-electron chi connectivity index (χ4n) is 2.54. The average Bonchev–Trinajstić information content (AvgIpc) is 2.71. The van der Waals surface area contributed by atoms with Gasteiger partial charge in [-0.1, -0.05) is 6.92 Å². The number of aliphatic hydroxyl groups is 1. The fourth-order valence-corrected chi connectivity index (χ4v) is 3.65. The van der Waals surface area contributed by atoms with Gasteiger partial charge in [0.2, 0.25) is 0 Å². The van der Waals surface area contributed by atoms with Gasteiger partial charge in [-0.3, -0.25) is 4.90 Å². The highest BCUT2D eigenvalue weighted by molar-refractivity contribution is 7.11. The van der Waals surface area contributed by atoms with Crippen molar-refractivity contribution in [3.8, 4) is 0 Å². The van der Waals surface area contributed by atoms with Crippen LogP contribution >= 0.6 is 11.3 Å². The molecule has 0 unspecified atom stereocenters. The summed E-state index contributed by atoms with van der Waals surface area (Å²) in [6, 6.07) is 0. The highest BCUT2D eigenvalue weighted by Gasteiger charge is 2.24. The summed E-state index contributed by atoms with van der Waals surface area (Å²) in [6.45, 7) is 14.5. The zero-order valence-electron chi connectivity index (χ0n) is 12.4. The molecule has 1 aliphatic heterocycles. The van der Waals surface area contributed by atoms with Gasteiger partial charge in [-0.25, -0.2) is 4.98 Å². The Balaban J connectivity index is 1.97. The second kappa shape index (κ2) is 5.87. The molecule has 108 valence electrons. The number of aryl methyl sites for hydroxylation is 1. The van der Waals surface area contributed by atoms with Gasteiger partial charge in [0.15, 0.2) is 0 Å². The van der Waals surface area contributed by atoms with Crippen LogP contribution < -0.4 is 0 Å². The maximum absolute atomic E-state index is 10.1. The topological polar surface area (TPSA) is 39.6 Å². The Labute approximate surface area is 120 Å². The molecule has 0 spiro atoms. The average molecular weight is 283 g/mol. The molecular weight excluding hydrogens is 258 g/mol. The number of hydrogen-bond donors (Lipinski definition) is 1. The van der Waals surface area contributed by atoms with Crippen LogP contribution in [-0.4, -0.2) is 52.6 Å². The first-order valence-corrected chi connectivity index (χ1v) is 7.85. The van der Waals surface area contributed by atoms with Gasteiger partial charge in [0, 0.05) is 26.2 Å². The molecule has 1 N–H and O–H groups in total. The van der Waals surface area contributed by atoms with E-state index in [1.54, 1.807) is 11.3 Å². The van der Waals surface area contributed by atoms with Gasteiger partial charge in [0.25, 0.3) is 0 Å². The van der Waals surface area contributed by atoms with Gasteiger partial charge >= 0.3 is 0 Å². The van der Waals surface area contributed by atoms with Crippen LogP contribution in [0.25, 0.3) is 0 Å². The minimum atomic E-state index is -0.777. The van der Waals surface area contributed by atoms with E-state index in [1.165, 1.54) is 0 Å². The predicted octanol–water partition coefficient (Wildman–Crippen LogP) is 1.82. The molecule has 0 atom stereocenters. The predicted molar refractivity (Wildman–Crippen MR) is 79.5 cm³/mol. The highest BCUT2D eigenvalue weighted by atomic mass is 32.1. The van der Waals surface area contributed by atoms with E-state index in [0.29, 0.717) is 0 Å². The first-order chi connectivity index (χ1) is 8.90. The normalized spacial score (nSPS) is 19.0. The third kappa shape index (κ3) is 3.75. The standard InChI is InChI=1S/C14H25N3OS/c1-5-16-6-8-17(9-7-16)10-12-15-11(2)13(19-12)14(3,4)18/h18H,5-10H2,1-4H3. The summed E-state index contributed by atoms with van der Waals surface area (Å²) in [5, 5.41) is 11.2. The van der Waals surface area contributed by atoms with Crippen LogP contribution in [0, 0.1) is 6.92 Å². The first kappa shape index (κ1) is 14.9. The Morgan fingerprint density at radius 3 is 2.26 bits per heavy atom. The maximum Gasteiger partial charge on any atom is 0.107 e. The van der Waals surface area contributed by atoms with E-state index in [4.69, 9.17) is 0 Å². The third-order valence-corrected chi connectivity index (χ3v) is 5.12. The Kier molecular flexibility index (Phi) is 4.61. The van der Waals surface area contributed by atoms with Gasteiger partial charge in [-0.15, -0.1) is 11.3 Å². The molecule has 0 saturated carbocycles. The van der Waals surface area contributed by atoms with Crippen molar-refractivity contribution in [3.05, 3.63) is 15.6 Å². The Morgan fingerprint density at radius 2 is 1.79 bits per heavy atom. The van der Waals surface area contributed by atoms with Crippen LogP contribution in [0.1, 0.15) is 36.3 Å². The highest BCUT2D eigenvalue weighted by Crippen LogP contribution is 2.30. The second-order valence-electron chi connectivity index (χ2n) is 5.79. The van der Waals surface area contributed by atoms with Crippen molar-refractivity contribution < 1.29 is 5.11 Å². The molecule has 0 amide bonds. The van der Waals surface area contributed by atoms with E-state index < -0.39 is 5.60 Å². The maximum atomic E-state index is 10.1. The van der Waals surface area contributed by atoms with Crippen molar-refractivity contribution in [3.63, 3.8) is 0 Å². The molecule has 0 radical (unpaired) electrons. The lowest BCUT2D eigenvalue weighted by molar-refractivity contribution is 0.0817. The monoisotopic (exact) mass is 283 g/mol. The fraction of sp³-hybridized carbons (Fsp3) is 0.786. The van der Waals surface area contributed by atoms with Crippen molar-refractivity contribution in [1.29, 1.82) is 0 Å². The number of likely N-dealkylation sites (N-methyl/N-ethyl adjacent to an activating group) is 1. The Morgan fingerprint density at radius 1 is 1.21 bits per heavy atom. The van der Waals surface area contributed by atoms with Crippen LogP contribution in [-0.2, 0) is 12.1 Å². The molecule has 19 heavy (non-hydrogen) atoms. The van der Waals surface area contributed by atoms with Crippen molar-refractivity contribution in [2.24, 2.45) is 0 Å². The van der Waals surface area contributed by atoms with Gasteiger partial charge in [-0.05, 0) is 27.3 Å². The number of hydrogen-bond acceptors (Lipinski definition) is 5. The number of rotatable bonds is 4. The zero-order valence-corrected chi connectivity index (χ0v) is 13.3. The molecule has 2 heterocycles. The lowest BCUT2D eigenvalue weighted by Crippen LogP contribution is -2.45. The van der Waals surface area contributed by atoms with E-state index in [1.807, 2.05) is 20.8 Å². The zero-order chi connectivity index (χ0) is 14.0. The molecule has 1 aromatic rings. The lowest BCUT2D eigenvalue weighted by atomic mass is 10.1. The van der Waals surface area contributed by atoms with Gasteiger partial charge < -0.3 is 10.0 Å². The molecule has 1 aliphatic rings. The molecule has 0 aliphatic carbocycles. The molecule has 2 rings (SSSR count). The van der Waals surface area contributed by atoms with Gasteiger partial charge in [0.05, 0.1) is 22.7 Å². The van der Waals surface area contributed by atoms with Crippen LogP contribution in [0.5, 0.6) is 0 Å². The molecule has 1 aromatic heterocycles. The quantitative estimate of drug-likeness (QED) is 0.915. The van der Waals surface area contributed by atoms with Crippen LogP contribution in [0.4, 0.5) is 0 Å². The van der Waals surface area contributed by atoms with E-state index in [-0.39, 0.29) is 0 Å². The minimum absolute atomic E-state index is 0.777. The number of thiazole rings is 1. The van der Waals surface area contributed by atoms with E-state index in [2.05, 4.69) is 21.7 Å². The van der Waals surface area contributed by atoms with Gasteiger partial charge in [0.1, 0.15) is 5.01 Å². The molecule has 5 heteroatoms.